The number of hydrogen-bond acceptors (Lipinski definition) is 2. The molecule has 0 radical (unpaired) electrons. The first-order valence-electron chi connectivity index (χ1n) is 13.9. The predicted octanol–water partition coefficient (Wildman–Crippen LogP) is 4.61. The third kappa shape index (κ3) is 3.53. The lowest BCUT2D eigenvalue weighted by molar-refractivity contribution is 0.491. The predicted molar refractivity (Wildman–Crippen MR) is 170 cm³/mol. The van der Waals surface area contributed by atoms with Crippen LogP contribution >= 0.6 is 0 Å². The first-order valence-corrected chi connectivity index (χ1v) is 13.9. The molecule has 0 fully saturated rings. The summed E-state index contributed by atoms with van der Waals surface area (Å²) in [6, 6.07) is 54.2. The summed E-state index contributed by atoms with van der Waals surface area (Å²) in [5.74, 6) is 1.89. The molecular formula is C36H25B2NO. The molecule has 2 nitrogen and oxygen atoms in total. The van der Waals surface area contributed by atoms with Gasteiger partial charge in [0.15, 0.2) is 0 Å². The average molecular weight is 509 g/mol. The van der Waals surface area contributed by atoms with E-state index in [4.69, 9.17) is 4.74 Å². The van der Waals surface area contributed by atoms with Crippen molar-refractivity contribution in [1.82, 2.24) is 0 Å². The molecular weight excluding hydrogens is 484 g/mol. The molecule has 0 N–H and O–H groups in total. The molecule has 4 heteroatoms. The van der Waals surface area contributed by atoms with Gasteiger partial charge in [-0.2, -0.15) is 0 Å². The largest absolute Gasteiger partial charge is 0.459 e. The second-order valence-corrected chi connectivity index (χ2v) is 10.5. The molecule has 6 aromatic carbocycles. The van der Waals surface area contributed by atoms with Crippen LogP contribution in [0.5, 0.6) is 11.5 Å². The van der Waals surface area contributed by atoms with Gasteiger partial charge in [0, 0.05) is 17.1 Å². The van der Waals surface area contributed by atoms with Gasteiger partial charge in [0.1, 0.15) is 11.5 Å². The van der Waals surface area contributed by atoms with Gasteiger partial charge in [-0.25, -0.2) is 0 Å². The quantitative estimate of drug-likeness (QED) is 0.323. The molecule has 8 rings (SSSR count). The second-order valence-electron chi connectivity index (χ2n) is 10.5. The van der Waals surface area contributed by atoms with Crippen LogP contribution in [0.25, 0.3) is 0 Å². The Bertz CT molecular complexity index is 1840. The van der Waals surface area contributed by atoms with Crippen molar-refractivity contribution < 1.29 is 4.74 Å². The molecule has 0 amide bonds. The minimum absolute atomic E-state index is 0.0315. The van der Waals surface area contributed by atoms with Crippen LogP contribution in [0.15, 0.2) is 152 Å². The molecule has 0 aliphatic carbocycles. The minimum atomic E-state index is 0.0315. The van der Waals surface area contributed by atoms with Gasteiger partial charge in [-0.05, 0) is 52.2 Å². The summed E-state index contributed by atoms with van der Waals surface area (Å²) in [7, 11) is 0. The Morgan fingerprint density at radius 2 is 1.00 bits per heavy atom. The highest BCUT2D eigenvalue weighted by atomic mass is 16.5. The van der Waals surface area contributed by atoms with E-state index in [1.807, 2.05) is 0 Å². The van der Waals surface area contributed by atoms with E-state index in [-0.39, 0.29) is 13.4 Å². The van der Waals surface area contributed by atoms with Crippen molar-refractivity contribution in [1.29, 1.82) is 0 Å². The van der Waals surface area contributed by atoms with Crippen LogP contribution < -0.4 is 42.4 Å². The van der Waals surface area contributed by atoms with Gasteiger partial charge in [0.05, 0.1) is 0 Å². The van der Waals surface area contributed by atoms with Gasteiger partial charge in [-0.3, -0.25) is 0 Å². The molecule has 40 heavy (non-hydrogen) atoms. The molecule has 0 saturated carbocycles. The van der Waals surface area contributed by atoms with Crippen molar-refractivity contribution in [2.45, 2.75) is 0 Å². The number of nitrogens with zero attached hydrogens (tertiary/aromatic N) is 1. The van der Waals surface area contributed by atoms with E-state index in [0.717, 1.165) is 22.9 Å². The van der Waals surface area contributed by atoms with Gasteiger partial charge >= 0.3 is 0 Å². The highest BCUT2D eigenvalue weighted by Crippen LogP contribution is 2.38. The third-order valence-corrected chi connectivity index (χ3v) is 8.26. The minimum Gasteiger partial charge on any atom is -0.459 e. The van der Waals surface area contributed by atoms with Crippen molar-refractivity contribution in [3.8, 4) is 11.5 Å². The van der Waals surface area contributed by atoms with Crippen molar-refractivity contribution >= 4 is 63.3 Å². The van der Waals surface area contributed by atoms with Crippen molar-refractivity contribution in [2.75, 3.05) is 4.90 Å². The van der Waals surface area contributed by atoms with Crippen LogP contribution in [-0.4, -0.2) is 13.4 Å². The first-order chi connectivity index (χ1) is 19.9. The lowest BCUT2D eigenvalue weighted by atomic mass is 9.31. The summed E-state index contributed by atoms with van der Waals surface area (Å²) in [6.45, 7) is 0.120. The van der Waals surface area contributed by atoms with Gasteiger partial charge in [0.2, 0.25) is 0 Å². The molecule has 0 aromatic heterocycles. The van der Waals surface area contributed by atoms with Crippen LogP contribution in [-0.2, 0) is 0 Å². The van der Waals surface area contributed by atoms with Crippen molar-refractivity contribution in [3.63, 3.8) is 0 Å². The van der Waals surface area contributed by atoms with Crippen LogP contribution in [0.4, 0.5) is 17.1 Å². The Morgan fingerprint density at radius 3 is 1.73 bits per heavy atom. The Kier molecular flexibility index (Phi) is 5.38. The fourth-order valence-electron chi connectivity index (χ4n) is 6.58. The highest BCUT2D eigenvalue weighted by molar-refractivity contribution is 7.01. The summed E-state index contributed by atoms with van der Waals surface area (Å²) in [4.78, 5) is 2.39. The highest BCUT2D eigenvalue weighted by Gasteiger charge is 2.42. The number of para-hydroxylation sites is 3. The van der Waals surface area contributed by atoms with E-state index in [9.17, 15) is 0 Å². The molecule has 0 spiro atoms. The maximum atomic E-state index is 6.95. The lowest BCUT2D eigenvalue weighted by Crippen LogP contribution is -2.61. The maximum absolute atomic E-state index is 6.95. The Hall–Kier alpha value is -4.95. The number of rotatable bonds is 3. The van der Waals surface area contributed by atoms with Gasteiger partial charge in [0.25, 0.3) is 13.4 Å². The van der Waals surface area contributed by atoms with E-state index < -0.39 is 0 Å². The zero-order chi connectivity index (χ0) is 26.5. The number of fused-ring (bicyclic) bond motifs is 5. The van der Waals surface area contributed by atoms with Gasteiger partial charge in [-0.1, -0.05) is 132 Å². The van der Waals surface area contributed by atoms with Crippen molar-refractivity contribution in [3.05, 3.63) is 152 Å². The van der Waals surface area contributed by atoms with Gasteiger partial charge < -0.3 is 9.64 Å². The van der Waals surface area contributed by atoms with Crippen LogP contribution in [0.2, 0.25) is 0 Å². The lowest BCUT2D eigenvalue weighted by Gasteiger charge is -2.39. The smallest absolute Gasteiger partial charge is 0.251 e. The zero-order valence-electron chi connectivity index (χ0n) is 21.9. The monoisotopic (exact) mass is 509 g/mol. The standard InChI is InChI=1S/C36H25B2NO/c1-4-14-26(15-5-1)37-30-21-11-13-23-34(30)40-36-31(37)24-25-33-35(36)38(27-16-6-2-7-17-27)29-20-10-12-22-32(29)39(33)28-18-8-3-9-19-28/h1-25H. The molecule has 2 aliphatic heterocycles. The summed E-state index contributed by atoms with van der Waals surface area (Å²) >= 11 is 0. The molecule has 2 heterocycles. The van der Waals surface area contributed by atoms with Crippen LogP contribution in [0, 0.1) is 0 Å². The SMILES string of the molecule is c1ccc(B2c3ccccc3Oc3c2ccc2c3B(c3ccccc3)c3ccccc3N2c2ccccc2)cc1. The molecule has 0 saturated heterocycles. The Balaban J connectivity index is 1.46. The summed E-state index contributed by atoms with van der Waals surface area (Å²) in [6.07, 6.45) is 0. The van der Waals surface area contributed by atoms with Gasteiger partial charge in [-0.15, -0.1) is 0 Å². The molecule has 186 valence electrons. The number of benzene rings is 6. The average Bonchev–Trinajstić information content (AvgIpc) is 3.03. The van der Waals surface area contributed by atoms with E-state index >= 15 is 0 Å². The fourth-order valence-corrected chi connectivity index (χ4v) is 6.58. The Labute approximate surface area is 235 Å². The van der Waals surface area contributed by atoms with E-state index in [1.165, 1.54) is 38.5 Å². The Morgan fingerprint density at radius 1 is 0.425 bits per heavy atom. The van der Waals surface area contributed by atoms with E-state index in [0.29, 0.717) is 0 Å². The molecule has 6 aromatic rings. The van der Waals surface area contributed by atoms with Crippen molar-refractivity contribution in [2.24, 2.45) is 0 Å². The molecule has 0 atom stereocenters. The maximum Gasteiger partial charge on any atom is 0.251 e. The molecule has 2 aliphatic rings. The normalized spacial score (nSPS) is 13.1. The summed E-state index contributed by atoms with van der Waals surface area (Å²) in [5, 5.41) is 0. The number of hydrogen-bond donors (Lipinski definition) is 0. The second kappa shape index (κ2) is 9.36. The third-order valence-electron chi connectivity index (χ3n) is 8.26. The number of ether oxygens (including phenoxy) is 1. The topological polar surface area (TPSA) is 12.5 Å². The molecule has 0 unspecified atom stereocenters. The summed E-state index contributed by atoms with van der Waals surface area (Å²) in [5.41, 5.74) is 10.9. The van der Waals surface area contributed by atoms with E-state index in [1.54, 1.807) is 0 Å². The first kappa shape index (κ1) is 23.0. The van der Waals surface area contributed by atoms with Crippen LogP contribution in [0.3, 0.4) is 0 Å². The number of anilines is 3. The van der Waals surface area contributed by atoms with E-state index in [2.05, 4.69) is 157 Å². The fraction of sp³-hybridized carbons (Fsp3) is 0. The summed E-state index contributed by atoms with van der Waals surface area (Å²) < 4.78 is 6.95. The van der Waals surface area contributed by atoms with Crippen LogP contribution in [0.1, 0.15) is 0 Å². The zero-order valence-corrected chi connectivity index (χ0v) is 21.9. The molecule has 0 bridgehead atoms.